The van der Waals surface area contributed by atoms with Crippen molar-refractivity contribution in [3.8, 4) is 33.6 Å². The molecule has 6 aromatic rings. The van der Waals surface area contributed by atoms with E-state index in [4.69, 9.17) is 9.72 Å². The van der Waals surface area contributed by atoms with Crippen LogP contribution in [0.15, 0.2) is 122 Å². The van der Waals surface area contributed by atoms with E-state index in [0.717, 1.165) is 64.4 Å². The van der Waals surface area contributed by atoms with Crippen molar-refractivity contribution < 1.29 is 19.1 Å². The molecule has 0 bridgehead atoms. The maximum Gasteiger partial charge on any atom is 0.407 e. The summed E-state index contributed by atoms with van der Waals surface area (Å²) in [6.45, 7) is 2.63. The number of ether oxygens (including phenoxy) is 1. The maximum atomic E-state index is 13.6. The molecule has 3 amide bonds. The average Bonchev–Trinajstić information content (AvgIpc) is 4.02. The van der Waals surface area contributed by atoms with Gasteiger partial charge in [0.15, 0.2) is 0 Å². The van der Waals surface area contributed by atoms with Gasteiger partial charge in [0.05, 0.1) is 49.4 Å². The van der Waals surface area contributed by atoms with Gasteiger partial charge in [0, 0.05) is 13.6 Å². The van der Waals surface area contributed by atoms with Gasteiger partial charge in [0.1, 0.15) is 17.7 Å². The van der Waals surface area contributed by atoms with Gasteiger partial charge in [-0.05, 0) is 53.1 Å². The standard InChI is InChI=1S/C43H43N7O4/c1-28(49(2)42(52)39(48-43(53)54-3)34-13-8-5-9-14-34)40-44-26-35(46-40)32-20-16-30(17-21-32)31-18-22-33(23-19-31)36-27-45-41(47-36)37-15-10-24-50(37)38(51)25-29-11-6-4-7-12-29/h4-9,11-14,16-23,26-28,37,39H,10,15,24-25H2,1-3H3,(H,44,46)(H,45,47)(H,48,53)/t28-,37-,39+/m0/s1. The molecule has 7 rings (SSSR count). The van der Waals surface area contributed by atoms with Gasteiger partial charge in [-0.15, -0.1) is 0 Å². The lowest BCUT2D eigenvalue weighted by Crippen LogP contribution is -2.42. The first kappa shape index (κ1) is 35.9. The Kier molecular flexibility index (Phi) is 10.7. The van der Waals surface area contributed by atoms with Crippen LogP contribution in [0.4, 0.5) is 4.79 Å². The molecule has 3 N–H and O–H groups in total. The van der Waals surface area contributed by atoms with E-state index in [9.17, 15) is 14.4 Å². The molecular formula is C43H43N7O4. The van der Waals surface area contributed by atoms with Crippen molar-refractivity contribution in [1.82, 2.24) is 35.1 Å². The highest BCUT2D eigenvalue weighted by Gasteiger charge is 2.32. The second kappa shape index (κ2) is 16.0. The molecule has 1 aliphatic rings. The van der Waals surface area contributed by atoms with E-state index in [0.29, 0.717) is 17.8 Å². The summed E-state index contributed by atoms with van der Waals surface area (Å²) in [5, 5.41) is 2.65. The highest BCUT2D eigenvalue weighted by atomic mass is 16.5. The zero-order chi connectivity index (χ0) is 37.6. The molecule has 4 aromatic carbocycles. The lowest BCUT2D eigenvalue weighted by atomic mass is 10.0. The number of aromatic amines is 2. The fraction of sp³-hybridized carbons (Fsp3) is 0.233. The lowest BCUT2D eigenvalue weighted by molar-refractivity contribution is -0.134. The number of nitrogens with zero attached hydrogens (tertiary/aromatic N) is 4. The Morgan fingerprint density at radius 3 is 2.02 bits per heavy atom. The fourth-order valence-electron chi connectivity index (χ4n) is 6.94. The minimum Gasteiger partial charge on any atom is -0.453 e. The molecule has 0 spiro atoms. The normalized spacial score (nSPS) is 15.0. The molecule has 0 saturated carbocycles. The van der Waals surface area contributed by atoms with Gasteiger partial charge in [0.2, 0.25) is 11.8 Å². The third kappa shape index (κ3) is 7.80. The first-order valence-corrected chi connectivity index (χ1v) is 18.1. The number of aromatic nitrogens is 4. The van der Waals surface area contributed by atoms with Crippen LogP contribution in [0.5, 0.6) is 0 Å². The zero-order valence-electron chi connectivity index (χ0n) is 30.5. The van der Waals surface area contributed by atoms with E-state index in [1.54, 1.807) is 30.3 Å². The quantitative estimate of drug-likeness (QED) is 0.126. The van der Waals surface area contributed by atoms with Crippen LogP contribution in [-0.2, 0) is 20.7 Å². The summed E-state index contributed by atoms with van der Waals surface area (Å²) < 4.78 is 4.78. The Hall–Kier alpha value is -6.49. The number of nitrogens with one attached hydrogen (secondary N) is 3. The van der Waals surface area contributed by atoms with Crippen molar-refractivity contribution in [3.05, 3.63) is 144 Å². The molecule has 54 heavy (non-hydrogen) atoms. The molecule has 274 valence electrons. The van der Waals surface area contributed by atoms with E-state index in [1.807, 2.05) is 78.7 Å². The molecule has 1 fully saturated rings. The second-order valence-electron chi connectivity index (χ2n) is 13.5. The number of carbonyl (C=O) groups excluding carboxylic acids is 3. The molecule has 3 heterocycles. The number of benzene rings is 4. The van der Waals surface area contributed by atoms with E-state index >= 15 is 0 Å². The summed E-state index contributed by atoms with van der Waals surface area (Å²) >= 11 is 0. The minimum atomic E-state index is -0.913. The smallest absolute Gasteiger partial charge is 0.407 e. The number of carbonyl (C=O) groups is 3. The number of rotatable bonds is 11. The van der Waals surface area contributed by atoms with Crippen molar-refractivity contribution in [2.45, 2.75) is 44.3 Å². The molecule has 0 aliphatic carbocycles. The van der Waals surface area contributed by atoms with Gasteiger partial charge >= 0.3 is 6.09 Å². The van der Waals surface area contributed by atoms with Crippen LogP contribution in [-0.4, -0.2) is 68.3 Å². The Morgan fingerprint density at radius 2 is 1.39 bits per heavy atom. The Morgan fingerprint density at radius 1 is 0.815 bits per heavy atom. The van der Waals surface area contributed by atoms with Crippen molar-refractivity contribution in [2.24, 2.45) is 0 Å². The van der Waals surface area contributed by atoms with E-state index in [1.165, 1.54) is 7.11 Å². The SMILES string of the molecule is COC(=O)N[C@@H](C(=O)N(C)[C@@H](C)c1ncc(-c2ccc(-c3ccc(-c4cnc([C@@H]5CCCN5C(=O)Cc5ccccc5)[nH]4)cc3)cc2)[nH]1)c1ccccc1. The first-order valence-electron chi connectivity index (χ1n) is 18.1. The topological polar surface area (TPSA) is 136 Å². The van der Waals surface area contributed by atoms with Crippen molar-refractivity contribution in [2.75, 3.05) is 20.7 Å². The number of hydrogen-bond donors (Lipinski definition) is 3. The second-order valence-corrected chi connectivity index (χ2v) is 13.5. The summed E-state index contributed by atoms with van der Waals surface area (Å²) in [7, 11) is 2.96. The number of likely N-dealkylation sites (N-methyl/N-ethyl adjacent to an activating group) is 1. The van der Waals surface area contributed by atoms with Gasteiger partial charge in [-0.25, -0.2) is 14.8 Å². The molecule has 3 atom stereocenters. The monoisotopic (exact) mass is 721 g/mol. The van der Waals surface area contributed by atoms with E-state index < -0.39 is 18.2 Å². The van der Waals surface area contributed by atoms with Crippen LogP contribution in [0, 0.1) is 0 Å². The molecule has 1 saturated heterocycles. The molecule has 1 aliphatic heterocycles. The Labute approximate surface area is 314 Å². The number of hydrogen-bond acceptors (Lipinski definition) is 6. The predicted molar refractivity (Wildman–Crippen MR) is 207 cm³/mol. The van der Waals surface area contributed by atoms with Gasteiger partial charge in [-0.3, -0.25) is 9.59 Å². The van der Waals surface area contributed by atoms with Crippen molar-refractivity contribution in [1.29, 1.82) is 0 Å². The van der Waals surface area contributed by atoms with Crippen molar-refractivity contribution >= 4 is 17.9 Å². The van der Waals surface area contributed by atoms with Gasteiger partial charge in [-0.2, -0.15) is 0 Å². The van der Waals surface area contributed by atoms with E-state index in [2.05, 4.69) is 56.7 Å². The molecule has 0 radical (unpaired) electrons. The van der Waals surface area contributed by atoms with Gasteiger partial charge in [0.25, 0.3) is 0 Å². The number of H-pyrrole nitrogens is 2. The highest BCUT2D eigenvalue weighted by Crippen LogP contribution is 2.33. The van der Waals surface area contributed by atoms with Crippen LogP contribution in [0.2, 0.25) is 0 Å². The van der Waals surface area contributed by atoms with Crippen molar-refractivity contribution in [3.63, 3.8) is 0 Å². The number of likely N-dealkylation sites (tertiary alicyclic amines) is 1. The average molecular weight is 722 g/mol. The lowest BCUT2D eigenvalue weighted by Gasteiger charge is -2.28. The third-order valence-electron chi connectivity index (χ3n) is 10.2. The number of amides is 3. The number of methoxy groups -OCH3 is 1. The predicted octanol–water partition coefficient (Wildman–Crippen LogP) is 7.66. The summed E-state index contributed by atoms with van der Waals surface area (Å²) in [6.07, 6.45) is 5.17. The summed E-state index contributed by atoms with van der Waals surface area (Å²) in [6, 6.07) is 34.1. The summed E-state index contributed by atoms with van der Waals surface area (Å²) in [5.74, 6) is 1.27. The van der Waals surface area contributed by atoms with Crippen LogP contribution < -0.4 is 5.32 Å². The largest absolute Gasteiger partial charge is 0.453 e. The molecule has 11 heteroatoms. The Bertz CT molecular complexity index is 2200. The fourth-order valence-corrected chi connectivity index (χ4v) is 6.94. The van der Waals surface area contributed by atoms with E-state index in [-0.39, 0.29) is 17.9 Å². The highest BCUT2D eigenvalue weighted by molar-refractivity contribution is 5.87. The molecule has 0 unspecified atom stereocenters. The maximum absolute atomic E-state index is 13.6. The number of imidazole rings is 2. The van der Waals surface area contributed by atoms with Crippen LogP contribution in [0.1, 0.15) is 60.7 Å². The van der Waals surface area contributed by atoms with Crippen LogP contribution >= 0.6 is 0 Å². The summed E-state index contributed by atoms with van der Waals surface area (Å²) in [4.78, 5) is 58.5. The molecule has 11 nitrogen and oxygen atoms in total. The van der Waals surface area contributed by atoms with Gasteiger partial charge in [-0.1, -0.05) is 109 Å². The van der Waals surface area contributed by atoms with Gasteiger partial charge < -0.3 is 29.8 Å². The van der Waals surface area contributed by atoms with Crippen LogP contribution in [0.3, 0.4) is 0 Å². The third-order valence-corrected chi connectivity index (χ3v) is 10.2. The summed E-state index contributed by atoms with van der Waals surface area (Å²) in [5.41, 5.74) is 7.53. The zero-order valence-corrected chi connectivity index (χ0v) is 30.5. The van der Waals surface area contributed by atoms with Crippen LogP contribution in [0.25, 0.3) is 33.6 Å². The molecule has 2 aromatic heterocycles. The Balaban J connectivity index is 0.990. The minimum absolute atomic E-state index is 0.0485. The number of alkyl carbamates (subject to hydrolysis) is 1. The molecular weight excluding hydrogens is 679 g/mol. The first-order chi connectivity index (χ1) is 26.3.